The summed E-state index contributed by atoms with van der Waals surface area (Å²) in [7, 11) is 5.67. The second kappa shape index (κ2) is 12.2. The number of anilines is 1. The van der Waals surface area contributed by atoms with Gasteiger partial charge in [0.1, 0.15) is 11.3 Å². The van der Waals surface area contributed by atoms with E-state index in [1.807, 2.05) is 55.4 Å². The van der Waals surface area contributed by atoms with Crippen LogP contribution in [0.2, 0.25) is 0 Å². The largest absolute Gasteiger partial charge is 0.494 e. The molecule has 30 heavy (non-hydrogen) atoms. The van der Waals surface area contributed by atoms with E-state index in [0.29, 0.717) is 13.0 Å². The van der Waals surface area contributed by atoms with Gasteiger partial charge >= 0.3 is 0 Å². The molecule has 3 aromatic rings. The van der Waals surface area contributed by atoms with Crippen LogP contribution in [0.25, 0.3) is 10.2 Å². The molecule has 0 bridgehead atoms. The highest BCUT2D eigenvalue weighted by atomic mass is 35.5. The molecule has 2 aromatic carbocycles. The van der Waals surface area contributed by atoms with Gasteiger partial charge in [-0.3, -0.25) is 9.69 Å². The van der Waals surface area contributed by atoms with Crippen LogP contribution in [0.4, 0.5) is 5.13 Å². The number of nitrogens with zero attached hydrogens (tertiary/aromatic N) is 3. The lowest BCUT2D eigenvalue weighted by Gasteiger charge is -2.22. The summed E-state index contributed by atoms with van der Waals surface area (Å²) < 4.78 is 6.46. The molecule has 1 aromatic heterocycles. The van der Waals surface area contributed by atoms with Crippen LogP contribution in [0.15, 0.2) is 53.4 Å². The van der Waals surface area contributed by atoms with Crippen molar-refractivity contribution >= 4 is 56.8 Å². The van der Waals surface area contributed by atoms with Crippen molar-refractivity contribution in [3.05, 3.63) is 48.5 Å². The minimum absolute atomic E-state index is 0. The van der Waals surface area contributed by atoms with E-state index in [4.69, 9.17) is 9.72 Å². The minimum atomic E-state index is 0. The molecular weight excluding hydrogens is 438 g/mol. The van der Waals surface area contributed by atoms with Crippen molar-refractivity contribution in [3.63, 3.8) is 0 Å². The van der Waals surface area contributed by atoms with E-state index < -0.39 is 0 Å². The van der Waals surface area contributed by atoms with Crippen LogP contribution in [0, 0.1) is 0 Å². The van der Waals surface area contributed by atoms with Crippen LogP contribution in [-0.4, -0.2) is 55.8 Å². The first kappa shape index (κ1) is 24.5. The fourth-order valence-corrected chi connectivity index (χ4v) is 4.78. The summed E-state index contributed by atoms with van der Waals surface area (Å²) in [6, 6.07) is 16.2. The fraction of sp³-hybridized carbons (Fsp3) is 0.364. The van der Waals surface area contributed by atoms with Gasteiger partial charge < -0.3 is 9.64 Å². The van der Waals surface area contributed by atoms with E-state index in [-0.39, 0.29) is 18.3 Å². The molecule has 0 unspecified atom stereocenters. The number of rotatable bonds is 10. The Kier molecular flexibility index (Phi) is 9.91. The number of halogens is 1. The molecule has 0 spiro atoms. The maximum Gasteiger partial charge on any atom is 0.228 e. The second-order valence-electron chi connectivity index (χ2n) is 6.92. The summed E-state index contributed by atoms with van der Waals surface area (Å²) in [5.74, 6) is 1.79. The Morgan fingerprint density at radius 2 is 1.87 bits per heavy atom. The number of fused-ring (bicyclic) bond motifs is 1. The lowest BCUT2D eigenvalue weighted by molar-refractivity contribution is -0.118. The number of benzene rings is 2. The van der Waals surface area contributed by atoms with Crippen molar-refractivity contribution in [2.24, 2.45) is 0 Å². The topological polar surface area (TPSA) is 45.7 Å². The molecule has 0 radical (unpaired) electrons. The zero-order valence-corrected chi connectivity index (χ0v) is 20.0. The highest BCUT2D eigenvalue weighted by Gasteiger charge is 2.20. The molecule has 0 aliphatic rings. The van der Waals surface area contributed by atoms with Gasteiger partial charge in [0.2, 0.25) is 5.91 Å². The minimum Gasteiger partial charge on any atom is -0.494 e. The molecule has 1 heterocycles. The third-order valence-corrected chi connectivity index (χ3v) is 6.58. The standard InChI is InChI=1S/C22H27N3O2S2.ClH/c1-24(2)14-15-25(20(26)13-8-16-28-17-9-5-4-6-10-17)22-23-21-18(27-3)11-7-12-19(21)29-22;/h4-7,9-12H,8,13-16H2,1-3H3;1H. The van der Waals surface area contributed by atoms with E-state index in [0.717, 1.165) is 39.8 Å². The first-order valence-electron chi connectivity index (χ1n) is 9.65. The molecule has 5 nitrogen and oxygen atoms in total. The lowest BCUT2D eigenvalue weighted by atomic mass is 10.3. The van der Waals surface area contributed by atoms with Gasteiger partial charge in [-0.1, -0.05) is 35.6 Å². The molecule has 8 heteroatoms. The maximum absolute atomic E-state index is 13.0. The Morgan fingerprint density at radius 1 is 1.10 bits per heavy atom. The monoisotopic (exact) mass is 465 g/mol. The van der Waals surface area contributed by atoms with E-state index in [2.05, 4.69) is 17.0 Å². The van der Waals surface area contributed by atoms with Crippen LogP contribution < -0.4 is 9.64 Å². The molecule has 0 aliphatic heterocycles. The van der Waals surface area contributed by atoms with E-state index >= 15 is 0 Å². The number of methoxy groups -OCH3 is 1. The van der Waals surface area contributed by atoms with Crippen molar-refractivity contribution in [1.82, 2.24) is 9.88 Å². The molecule has 0 fully saturated rings. The first-order chi connectivity index (χ1) is 14.1. The van der Waals surface area contributed by atoms with Crippen LogP contribution in [0.3, 0.4) is 0 Å². The van der Waals surface area contributed by atoms with Gasteiger partial charge in [-0.25, -0.2) is 4.98 Å². The molecule has 0 atom stereocenters. The first-order valence-corrected chi connectivity index (χ1v) is 11.4. The van der Waals surface area contributed by atoms with Gasteiger partial charge in [0.25, 0.3) is 0 Å². The number of thioether (sulfide) groups is 1. The predicted molar refractivity (Wildman–Crippen MR) is 131 cm³/mol. The number of hydrogen-bond acceptors (Lipinski definition) is 6. The predicted octanol–water partition coefficient (Wildman–Crippen LogP) is 5.19. The molecule has 1 amide bonds. The average Bonchev–Trinajstić information content (AvgIpc) is 3.15. The number of thiazole rings is 1. The van der Waals surface area contributed by atoms with Gasteiger partial charge in [0.15, 0.2) is 5.13 Å². The van der Waals surface area contributed by atoms with E-state index in [9.17, 15) is 4.79 Å². The van der Waals surface area contributed by atoms with Crippen LogP contribution >= 0.6 is 35.5 Å². The molecule has 0 saturated carbocycles. The van der Waals surface area contributed by atoms with Crippen molar-refractivity contribution in [3.8, 4) is 5.75 Å². The number of carbonyl (C=O) groups excluding carboxylic acids is 1. The smallest absolute Gasteiger partial charge is 0.228 e. The Balaban J connectivity index is 0.00000320. The van der Waals surface area contributed by atoms with Crippen molar-refractivity contribution in [1.29, 1.82) is 0 Å². The van der Waals surface area contributed by atoms with Gasteiger partial charge in [0, 0.05) is 24.4 Å². The summed E-state index contributed by atoms with van der Waals surface area (Å²) in [6.07, 6.45) is 1.35. The number of hydrogen-bond donors (Lipinski definition) is 0. The zero-order chi connectivity index (χ0) is 20.6. The van der Waals surface area contributed by atoms with E-state index in [1.54, 1.807) is 30.2 Å². The number of aromatic nitrogens is 1. The van der Waals surface area contributed by atoms with Crippen molar-refractivity contribution < 1.29 is 9.53 Å². The van der Waals surface area contributed by atoms with Crippen molar-refractivity contribution in [2.45, 2.75) is 17.7 Å². The highest BCUT2D eigenvalue weighted by molar-refractivity contribution is 7.99. The molecule has 0 aliphatic carbocycles. The second-order valence-corrected chi connectivity index (χ2v) is 9.09. The van der Waals surface area contributed by atoms with Gasteiger partial charge in [0.05, 0.1) is 11.8 Å². The van der Waals surface area contributed by atoms with Gasteiger partial charge in [-0.05, 0) is 50.5 Å². The molecule has 0 saturated heterocycles. The lowest BCUT2D eigenvalue weighted by Crippen LogP contribution is -2.36. The Hall–Kier alpha value is -1.80. The third kappa shape index (κ3) is 6.60. The van der Waals surface area contributed by atoms with Gasteiger partial charge in [-0.2, -0.15) is 0 Å². The molecule has 162 valence electrons. The number of ether oxygens (including phenoxy) is 1. The number of para-hydroxylation sites is 1. The number of likely N-dealkylation sites (N-methyl/N-ethyl adjacent to an activating group) is 1. The fourth-order valence-electron chi connectivity index (χ4n) is 2.88. The zero-order valence-electron chi connectivity index (χ0n) is 17.5. The maximum atomic E-state index is 13.0. The Morgan fingerprint density at radius 3 is 2.57 bits per heavy atom. The summed E-state index contributed by atoms with van der Waals surface area (Å²) >= 11 is 3.33. The van der Waals surface area contributed by atoms with E-state index in [1.165, 1.54) is 4.90 Å². The van der Waals surface area contributed by atoms with Gasteiger partial charge in [-0.15, -0.1) is 24.2 Å². The highest BCUT2D eigenvalue weighted by Crippen LogP contribution is 2.34. The molecule has 3 rings (SSSR count). The SMILES string of the molecule is COc1cccc2sc(N(CCN(C)C)C(=O)CCCSc3ccccc3)nc12.Cl. The summed E-state index contributed by atoms with van der Waals surface area (Å²) in [4.78, 5) is 22.9. The summed E-state index contributed by atoms with van der Waals surface area (Å²) in [6.45, 7) is 1.41. The Bertz CT molecular complexity index is 935. The van der Waals surface area contributed by atoms with Crippen LogP contribution in [0.5, 0.6) is 5.75 Å². The average molecular weight is 466 g/mol. The van der Waals surface area contributed by atoms with Crippen LogP contribution in [0.1, 0.15) is 12.8 Å². The number of amides is 1. The normalized spacial score (nSPS) is 10.8. The molecular formula is C22H28ClN3O2S2. The van der Waals surface area contributed by atoms with Crippen molar-refractivity contribution in [2.75, 3.05) is 44.9 Å². The summed E-state index contributed by atoms with van der Waals surface area (Å²) in [5.41, 5.74) is 0.817. The number of carbonyl (C=O) groups is 1. The summed E-state index contributed by atoms with van der Waals surface area (Å²) in [5, 5.41) is 0.743. The quantitative estimate of drug-likeness (QED) is 0.304. The van der Waals surface area contributed by atoms with Crippen LogP contribution in [-0.2, 0) is 4.79 Å². The Labute approximate surface area is 192 Å². The third-order valence-electron chi connectivity index (χ3n) is 4.44. The molecule has 0 N–H and O–H groups in total.